The van der Waals surface area contributed by atoms with E-state index in [2.05, 4.69) is 22.9 Å². The Morgan fingerprint density at radius 1 is 1.12 bits per heavy atom. The Labute approximate surface area is 153 Å². The molecular weight excluding hydrogens is 330 g/mol. The van der Waals surface area contributed by atoms with Gasteiger partial charge >= 0.3 is 0 Å². The van der Waals surface area contributed by atoms with E-state index in [0.717, 1.165) is 37.4 Å². The molecule has 2 aromatic rings. The molecule has 0 atom stereocenters. The van der Waals surface area contributed by atoms with E-state index < -0.39 is 0 Å². The highest BCUT2D eigenvalue weighted by Crippen LogP contribution is 2.32. The van der Waals surface area contributed by atoms with Gasteiger partial charge in [-0.2, -0.15) is 5.26 Å². The molecule has 0 N–H and O–H groups in total. The monoisotopic (exact) mass is 353 g/mol. The molecule has 1 fully saturated rings. The lowest BCUT2D eigenvalue weighted by atomic mass is 10.0. The quantitative estimate of drug-likeness (QED) is 0.770. The van der Waals surface area contributed by atoms with E-state index in [0.29, 0.717) is 22.8 Å². The maximum absolute atomic E-state index is 9.65. The summed E-state index contributed by atoms with van der Waals surface area (Å²) in [7, 11) is 5.29. The van der Waals surface area contributed by atoms with E-state index in [1.54, 1.807) is 38.7 Å². The molecule has 0 bridgehead atoms. The van der Waals surface area contributed by atoms with E-state index >= 15 is 0 Å². The molecule has 2 heterocycles. The van der Waals surface area contributed by atoms with Crippen molar-refractivity contribution in [2.24, 2.45) is 0 Å². The third kappa shape index (κ3) is 3.68. The summed E-state index contributed by atoms with van der Waals surface area (Å²) in [6.07, 6.45) is 3.46. The van der Waals surface area contributed by atoms with Gasteiger partial charge in [-0.15, -0.1) is 0 Å². The summed E-state index contributed by atoms with van der Waals surface area (Å²) in [5, 5.41) is 9.65. The largest absolute Gasteiger partial charge is 0.493 e. The maximum atomic E-state index is 9.65. The molecule has 0 aliphatic carbocycles. The fraction of sp³-hybridized carbons (Fsp3) is 0.350. The van der Waals surface area contributed by atoms with Gasteiger partial charge in [0.05, 0.1) is 37.8 Å². The predicted octanol–water partition coefficient (Wildman–Crippen LogP) is 3.11. The van der Waals surface area contributed by atoms with Gasteiger partial charge in [-0.25, -0.2) is 0 Å². The lowest BCUT2D eigenvalue weighted by Gasteiger charge is -2.33. The lowest BCUT2D eigenvalue weighted by molar-refractivity contribution is 0.312. The molecule has 0 amide bonds. The van der Waals surface area contributed by atoms with E-state index in [4.69, 9.17) is 13.9 Å². The minimum atomic E-state index is 0.510. The molecule has 1 saturated heterocycles. The van der Waals surface area contributed by atoms with Crippen molar-refractivity contribution in [3.8, 4) is 17.6 Å². The van der Waals surface area contributed by atoms with Crippen LogP contribution in [0.4, 0.5) is 5.69 Å². The van der Waals surface area contributed by atoms with Gasteiger partial charge in [-0.3, -0.25) is 0 Å². The molecule has 0 unspecified atom stereocenters. The van der Waals surface area contributed by atoms with E-state index in [1.807, 2.05) is 12.1 Å². The second kappa shape index (κ2) is 7.98. The third-order valence-corrected chi connectivity index (χ3v) is 4.61. The number of methoxy groups -OCH3 is 2. The fourth-order valence-electron chi connectivity index (χ4n) is 3.05. The number of rotatable bonds is 5. The smallest absolute Gasteiger partial charge is 0.161 e. The fourth-order valence-corrected chi connectivity index (χ4v) is 3.05. The Morgan fingerprint density at radius 2 is 1.85 bits per heavy atom. The van der Waals surface area contributed by atoms with Crippen LogP contribution in [0.3, 0.4) is 0 Å². The molecule has 26 heavy (non-hydrogen) atoms. The SMILES string of the molecule is COc1ccc(/C(C#N)=C/c2occc2N2CCN(C)CC2)cc1OC. The van der Waals surface area contributed by atoms with Crippen LogP contribution in [0.25, 0.3) is 11.6 Å². The Balaban J connectivity index is 1.91. The van der Waals surface area contributed by atoms with E-state index in [-0.39, 0.29) is 0 Å². The summed E-state index contributed by atoms with van der Waals surface area (Å²) in [6, 6.07) is 9.65. The molecule has 0 radical (unpaired) electrons. The number of nitrogens with zero attached hydrogens (tertiary/aromatic N) is 3. The van der Waals surface area contributed by atoms with Gasteiger partial charge in [0.15, 0.2) is 17.3 Å². The van der Waals surface area contributed by atoms with Crippen molar-refractivity contribution in [2.45, 2.75) is 0 Å². The highest BCUT2D eigenvalue weighted by molar-refractivity contribution is 5.91. The average molecular weight is 353 g/mol. The van der Waals surface area contributed by atoms with Crippen LogP contribution in [0, 0.1) is 11.3 Å². The van der Waals surface area contributed by atoms with Crippen LogP contribution in [0.1, 0.15) is 11.3 Å². The molecule has 1 aromatic heterocycles. The molecule has 0 saturated carbocycles. The van der Waals surface area contributed by atoms with Gasteiger partial charge in [0.25, 0.3) is 0 Å². The van der Waals surface area contributed by atoms with E-state index in [9.17, 15) is 5.26 Å². The number of piperazine rings is 1. The van der Waals surface area contributed by atoms with Crippen molar-refractivity contribution in [3.63, 3.8) is 0 Å². The lowest BCUT2D eigenvalue weighted by Crippen LogP contribution is -2.44. The zero-order chi connectivity index (χ0) is 18.5. The molecule has 1 aromatic carbocycles. The average Bonchev–Trinajstić information content (AvgIpc) is 3.14. The first-order valence-corrected chi connectivity index (χ1v) is 8.51. The van der Waals surface area contributed by atoms with Gasteiger partial charge in [0.1, 0.15) is 0 Å². The first-order valence-electron chi connectivity index (χ1n) is 8.51. The molecule has 136 valence electrons. The van der Waals surface area contributed by atoms with Gasteiger partial charge in [-0.05, 0) is 30.8 Å². The Hall–Kier alpha value is -2.91. The van der Waals surface area contributed by atoms with Crippen LogP contribution in [-0.4, -0.2) is 52.3 Å². The number of hydrogen-bond donors (Lipinski definition) is 0. The normalized spacial score (nSPS) is 15.6. The number of furan rings is 1. The van der Waals surface area contributed by atoms with Crippen molar-refractivity contribution in [1.82, 2.24) is 4.90 Å². The van der Waals surface area contributed by atoms with Crippen LogP contribution >= 0.6 is 0 Å². The molecule has 1 aliphatic heterocycles. The van der Waals surface area contributed by atoms with Gasteiger partial charge in [0, 0.05) is 38.3 Å². The topological polar surface area (TPSA) is 61.9 Å². The summed E-state index contributed by atoms with van der Waals surface area (Å²) in [6.45, 7) is 3.90. The first kappa shape index (κ1) is 17.9. The molecular formula is C20H23N3O3. The predicted molar refractivity (Wildman–Crippen MR) is 101 cm³/mol. The zero-order valence-corrected chi connectivity index (χ0v) is 15.4. The first-order chi connectivity index (χ1) is 12.7. The Kier molecular flexibility index (Phi) is 5.49. The standard InChI is InChI=1S/C20H23N3O3/c1-22-7-9-23(10-8-22)17-6-11-26-19(17)13-16(14-21)15-4-5-18(24-2)20(12-15)25-3/h4-6,11-13H,7-10H2,1-3H3/b16-13+. The Bertz CT molecular complexity index is 827. The molecule has 6 heteroatoms. The highest BCUT2D eigenvalue weighted by Gasteiger charge is 2.19. The van der Waals surface area contributed by atoms with Crippen molar-refractivity contribution < 1.29 is 13.9 Å². The number of anilines is 1. The number of ether oxygens (including phenoxy) is 2. The van der Waals surface area contributed by atoms with Crippen LogP contribution < -0.4 is 14.4 Å². The van der Waals surface area contributed by atoms with Gasteiger partial charge < -0.3 is 23.7 Å². The number of allylic oxidation sites excluding steroid dienone is 1. The van der Waals surface area contributed by atoms with Crippen molar-refractivity contribution in [3.05, 3.63) is 41.9 Å². The summed E-state index contributed by atoms with van der Waals surface area (Å²) in [5.74, 6) is 1.91. The molecule has 6 nitrogen and oxygen atoms in total. The summed E-state index contributed by atoms with van der Waals surface area (Å²) in [4.78, 5) is 4.59. The van der Waals surface area contributed by atoms with Crippen LogP contribution in [0.15, 0.2) is 34.9 Å². The zero-order valence-electron chi connectivity index (χ0n) is 15.4. The second-order valence-electron chi connectivity index (χ2n) is 6.20. The minimum absolute atomic E-state index is 0.510. The van der Waals surface area contributed by atoms with Crippen molar-refractivity contribution in [2.75, 3.05) is 52.3 Å². The van der Waals surface area contributed by atoms with Gasteiger partial charge in [0.2, 0.25) is 0 Å². The molecule has 3 rings (SSSR count). The Morgan fingerprint density at radius 3 is 2.50 bits per heavy atom. The maximum Gasteiger partial charge on any atom is 0.161 e. The van der Waals surface area contributed by atoms with Crippen molar-refractivity contribution >= 4 is 17.3 Å². The van der Waals surface area contributed by atoms with E-state index in [1.165, 1.54) is 0 Å². The number of nitriles is 1. The number of benzene rings is 1. The second-order valence-corrected chi connectivity index (χ2v) is 6.20. The highest BCUT2D eigenvalue weighted by atomic mass is 16.5. The summed E-state index contributed by atoms with van der Waals surface area (Å²) < 4.78 is 16.3. The minimum Gasteiger partial charge on any atom is -0.493 e. The van der Waals surface area contributed by atoms with Crippen LogP contribution in [-0.2, 0) is 0 Å². The summed E-state index contributed by atoms with van der Waals surface area (Å²) in [5.41, 5.74) is 2.29. The van der Waals surface area contributed by atoms with Crippen LogP contribution in [0.5, 0.6) is 11.5 Å². The van der Waals surface area contributed by atoms with Gasteiger partial charge in [-0.1, -0.05) is 0 Å². The van der Waals surface area contributed by atoms with Crippen LogP contribution in [0.2, 0.25) is 0 Å². The summed E-state index contributed by atoms with van der Waals surface area (Å²) >= 11 is 0. The van der Waals surface area contributed by atoms with Crippen molar-refractivity contribution in [1.29, 1.82) is 5.26 Å². The molecule has 0 spiro atoms. The number of likely N-dealkylation sites (N-methyl/N-ethyl adjacent to an activating group) is 1. The number of hydrogen-bond acceptors (Lipinski definition) is 6. The third-order valence-electron chi connectivity index (χ3n) is 4.61. The molecule has 1 aliphatic rings.